The van der Waals surface area contributed by atoms with Crippen molar-refractivity contribution in [1.29, 1.82) is 0 Å². The van der Waals surface area contributed by atoms with Gasteiger partial charge in [-0.1, -0.05) is 11.6 Å². The lowest BCUT2D eigenvalue weighted by Crippen LogP contribution is -2.27. The fourth-order valence-corrected chi connectivity index (χ4v) is 3.06. The Kier molecular flexibility index (Phi) is 5.00. The van der Waals surface area contributed by atoms with Crippen molar-refractivity contribution in [1.82, 2.24) is 14.5 Å². The van der Waals surface area contributed by atoms with Gasteiger partial charge in [0.2, 0.25) is 10.0 Å². The highest BCUT2D eigenvalue weighted by atomic mass is 35.5. The summed E-state index contributed by atoms with van der Waals surface area (Å²) in [5.74, 6) is 0. The third-order valence-corrected chi connectivity index (χ3v) is 4.72. The number of hydrogen-bond acceptors (Lipinski definition) is 4. The molecule has 0 aliphatic carbocycles. The Labute approximate surface area is 128 Å². The van der Waals surface area contributed by atoms with Crippen molar-refractivity contribution in [3.63, 3.8) is 0 Å². The lowest BCUT2D eigenvalue weighted by atomic mass is 10.2. The molecule has 0 fully saturated rings. The van der Waals surface area contributed by atoms with Gasteiger partial charge in [-0.15, -0.1) is 0 Å². The predicted molar refractivity (Wildman–Crippen MR) is 79.5 cm³/mol. The minimum atomic E-state index is -3.63. The van der Waals surface area contributed by atoms with Gasteiger partial charge >= 0.3 is 0 Å². The molecule has 2 rings (SSSR count). The zero-order chi connectivity index (χ0) is 15.5. The van der Waals surface area contributed by atoms with Crippen LogP contribution in [-0.2, 0) is 23.2 Å². The first-order valence-electron chi connectivity index (χ1n) is 6.30. The van der Waals surface area contributed by atoms with Crippen molar-refractivity contribution in [3.05, 3.63) is 46.7 Å². The van der Waals surface area contributed by atoms with E-state index in [2.05, 4.69) is 9.82 Å². The van der Waals surface area contributed by atoms with E-state index >= 15 is 0 Å². The second-order valence-corrected chi connectivity index (χ2v) is 6.76. The van der Waals surface area contributed by atoms with E-state index in [-0.39, 0.29) is 18.0 Å². The maximum absolute atomic E-state index is 12.1. The topological polar surface area (TPSA) is 84.2 Å². The molecule has 1 aromatic heterocycles. The molecule has 0 aliphatic rings. The Morgan fingerprint density at radius 2 is 2.19 bits per heavy atom. The van der Waals surface area contributed by atoms with Crippen LogP contribution in [0.1, 0.15) is 11.1 Å². The number of nitrogens with one attached hydrogen (secondary N) is 1. The summed E-state index contributed by atoms with van der Waals surface area (Å²) in [6, 6.07) is 4.23. The summed E-state index contributed by atoms with van der Waals surface area (Å²) in [4.78, 5) is 0.0765. The van der Waals surface area contributed by atoms with Crippen LogP contribution in [0.2, 0.25) is 5.02 Å². The minimum Gasteiger partial charge on any atom is -0.392 e. The molecule has 8 heteroatoms. The van der Waals surface area contributed by atoms with E-state index in [9.17, 15) is 8.42 Å². The van der Waals surface area contributed by atoms with Crippen molar-refractivity contribution in [2.75, 3.05) is 6.54 Å². The van der Waals surface area contributed by atoms with Gasteiger partial charge in [0.15, 0.2) is 0 Å². The molecule has 21 heavy (non-hydrogen) atoms. The van der Waals surface area contributed by atoms with Gasteiger partial charge in [-0.2, -0.15) is 5.10 Å². The highest BCUT2D eigenvalue weighted by Gasteiger charge is 2.15. The molecular weight excluding hydrogens is 314 g/mol. The molecule has 1 heterocycles. The number of halogens is 1. The van der Waals surface area contributed by atoms with Crippen molar-refractivity contribution in [2.45, 2.75) is 25.0 Å². The quantitative estimate of drug-likeness (QED) is 0.837. The molecule has 6 nitrogen and oxygen atoms in total. The lowest BCUT2D eigenvalue weighted by molar-refractivity contribution is 0.281. The zero-order valence-corrected chi connectivity index (χ0v) is 13.0. The number of aliphatic hydroxyl groups is 1. The standard InChI is InChI=1S/C13H16ClN3O3S/c1-10-7-15-17(8-10)5-4-16-21(19,20)12-2-3-13(14)11(6-12)9-18/h2-3,6-8,16,18H,4-5,9H2,1H3. The summed E-state index contributed by atoms with van der Waals surface area (Å²) < 4.78 is 28.4. The van der Waals surface area contributed by atoms with Gasteiger partial charge in [0, 0.05) is 17.8 Å². The molecule has 1 aromatic carbocycles. The normalized spacial score (nSPS) is 11.8. The van der Waals surface area contributed by atoms with Crippen molar-refractivity contribution >= 4 is 21.6 Å². The Morgan fingerprint density at radius 1 is 1.43 bits per heavy atom. The van der Waals surface area contributed by atoms with Crippen LogP contribution in [-0.4, -0.2) is 29.8 Å². The lowest BCUT2D eigenvalue weighted by Gasteiger charge is -2.09. The van der Waals surface area contributed by atoms with Gasteiger partial charge in [0.1, 0.15) is 0 Å². The molecule has 0 spiro atoms. The first-order valence-corrected chi connectivity index (χ1v) is 8.16. The number of benzene rings is 1. The van der Waals surface area contributed by atoms with Crippen molar-refractivity contribution < 1.29 is 13.5 Å². The van der Waals surface area contributed by atoms with E-state index in [1.54, 1.807) is 10.9 Å². The van der Waals surface area contributed by atoms with Crippen LogP contribution in [0, 0.1) is 6.92 Å². The van der Waals surface area contributed by atoms with Crippen LogP contribution in [0.5, 0.6) is 0 Å². The Balaban J connectivity index is 2.04. The van der Waals surface area contributed by atoms with Crippen LogP contribution < -0.4 is 4.72 Å². The molecule has 0 unspecified atom stereocenters. The SMILES string of the molecule is Cc1cnn(CCNS(=O)(=O)c2ccc(Cl)c(CO)c2)c1. The summed E-state index contributed by atoms with van der Waals surface area (Å²) in [5.41, 5.74) is 1.39. The van der Waals surface area contributed by atoms with Gasteiger partial charge in [-0.25, -0.2) is 13.1 Å². The van der Waals surface area contributed by atoms with Gasteiger partial charge in [0.05, 0.1) is 24.2 Å². The van der Waals surface area contributed by atoms with Crippen LogP contribution in [0.25, 0.3) is 0 Å². The first kappa shape index (κ1) is 16.0. The number of rotatable bonds is 6. The number of hydrogen-bond donors (Lipinski definition) is 2. The molecule has 0 saturated carbocycles. The summed E-state index contributed by atoms with van der Waals surface area (Å²) >= 11 is 5.85. The van der Waals surface area contributed by atoms with Gasteiger partial charge < -0.3 is 5.11 Å². The molecule has 114 valence electrons. The highest BCUT2D eigenvalue weighted by molar-refractivity contribution is 7.89. The third-order valence-electron chi connectivity index (χ3n) is 2.89. The Morgan fingerprint density at radius 3 is 2.81 bits per heavy atom. The number of nitrogens with zero attached hydrogens (tertiary/aromatic N) is 2. The van der Waals surface area contributed by atoms with Gasteiger partial charge in [0.25, 0.3) is 0 Å². The molecule has 0 atom stereocenters. The monoisotopic (exact) mass is 329 g/mol. The fraction of sp³-hybridized carbons (Fsp3) is 0.308. The average molecular weight is 330 g/mol. The van der Waals surface area contributed by atoms with Crippen molar-refractivity contribution in [2.24, 2.45) is 0 Å². The Bertz CT molecular complexity index is 728. The number of aliphatic hydroxyl groups excluding tert-OH is 1. The summed E-state index contributed by atoms with van der Waals surface area (Å²) in [5, 5.41) is 13.5. The second kappa shape index (κ2) is 6.57. The highest BCUT2D eigenvalue weighted by Crippen LogP contribution is 2.20. The minimum absolute atomic E-state index is 0.0765. The number of aromatic nitrogens is 2. The van der Waals surface area contributed by atoms with Crippen LogP contribution in [0.4, 0.5) is 0 Å². The van der Waals surface area contributed by atoms with E-state index in [0.717, 1.165) is 5.56 Å². The molecule has 0 amide bonds. The van der Waals surface area contributed by atoms with E-state index in [1.165, 1.54) is 18.2 Å². The third kappa shape index (κ3) is 4.04. The van der Waals surface area contributed by atoms with E-state index in [0.29, 0.717) is 17.1 Å². The predicted octanol–water partition coefficient (Wildman–Crippen LogP) is 1.32. The summed E-state index contributed by atoms with van der Waals surface area (Å²) in [6.45, 7) is 2.26. The molecule has 0 aliphatic heterocycles. The van der Waals surface area contributed by atoms with Crippen LogP contribution in [0.15, 0.2) is 35.5 Å². The van der Waals surface area contributed by atoms with Crippen LogP contribution in [0.3, 0.4) is 0 Å². The van der Waals surface area contributed by atoms with E-state index < -0.39 is 10.0 Å². The molecule has 2 N–H and O–H groups in total. The zero-order valence-electron chi connectivity index (χ0n) is 11.5. The maximum Gasteiger partial charge on any atom is 0.240 e. The summed E-state index contributed by atoms with van der Waals surface area (Å²) in [6.07, 6.45) is 3.54. The van der Waals surface area contributed by atoms with Crippen LogP contribution >= 0.6 is 11.6 Å². The molecule has 0 radical (unpaired) electrons. The molecule has 0 saturated heterocycles. The fourth-order valence-electron chi connectivity index (χ4n) is 1.81. The Hall–Kier alpha value is -1.41. The van der Waals surface area contributed by atoms with Gasteiger partial charge in [-0.3, -0.25) is 4.68 Å². The second-order valence-electron chi connectivity index (χ2n) is 4.59. The number of aryl methyl sites for hydroxylation is 1. The first-order chi connectivity index (χ1) is 9.92. The van der Waals surface area contributed by atoms with E-state index in [1.807, 2.05) is 13.1 Å². The number of sulfonamides is 1. The molecular formula is C13H16ClN3O3S. The molecule has 0 bridgehead atoms. The van der Waals surface area contributed by atoms with Gasteiger partial charge in [-0.05, 0) is 36.2 Å². The summed E-state index contributed by atoms with van der Waals surface area (Å²) in [7, 11) is -3.63. The average Bonchev–Trinajstić information content (AvgIpc) is 2.84. The van der Waals surface area contributed by atoms with Crippen molar-refractivity contribution in [3.8, 4) is 0 Å². The van der Waals surface area contributed by atoms with E-state index in [4.69, 9.17) is 16.7 Å². The molecule has 2 aromatic rings. The maximum atomic E-state index is 12.1. The largest absolute Gasteiger partial charge is 0.392 e. The smallest absolute Gasteiger partial charge is 0.240 e.